The number of esters is 1. The number of carbonyl (C=O) groups is 1. The first-order valence-corrected chi connectivity index (χ1v) is 6.84. The summed E-state index contributed by atoms with van der Waals surface area (Å²) in [7, 11) is 1.41. The zero-order valence-electron chi connectivity index (χ0n) is 12.2. The molecule has 1 aromatic heterocycles. The van der Waals surface area contributed by atoms with Gasteiger partial charge in [0.05, 0.1) is 20.1 Å². The summed E-state index contributed by atoms with van der Waals surface area (Å²) in [5.41, 5.74) is 11.1. The van der Waals surface area contributed by atoms with E-state index in [4.69, 9.17) is 11.5 Å². The van der Waals surface area contributed by atoms with Gasteiger partial charge in [0.25, 0.3) is 0 Å². The number of hydrogen-bond acceptors (Lipinski definition) is 9. The van der Waals surface area contributed by atoms with Gasteiger partial charge in [-0.05, 0) is 0 Å². The third kappa shape index (κ3) is 4.80. The molecular weight excluding hydrogens is 274 g/mol. The van der Waals surface area contributed by atoms with E-state index in [2.05, 4.69) is 29.5 Å². The molecule has 0 unspecified atom stereocenters. The van der Waals surface area contributed by atoms with Gasteiger partial charge in [0, 0.05) is 32.7 Å². The number of nitrogens with two attached hydrogens (primary N) is 2. The van der Waals surface area contributed by atoms with Crippen LogP contribution in [0.2, 0.25) is 0 Å². The van der Waals surface area contributed by atoms with Crippen molar-refractivity contribution in [1.29, 1.82) is 0 Å². The van der Waals surface area contributed by atoms with Crippen molar-refractivity contribution in [1.82, 2.24) is 24.8 Å². The maximum atomic E-state index is 11.1. The standard InChI is InChI=1S/C12H21N7O2/c1-21-10(20)2-3-18-4-6-19(7-5-18)8-9-15-11(13)17-12(14)16-9/h2-8H2,1H3,(H4,13,14,15,16,17). The number of nitrogen functional groups attached to an aromatic ring is 2. The van der Waals surface area contributed by atoms with Gasteiger partial charge < -0.3 is 21.1 Å². The number of piperazine rings is 1. The zero-order valence-corrected chi connectivity index (χ0v) is 12.2. The monoisotopic (exact) mass is 295 g/mol. The highest BCUT2D eigenvalue weighted by Gasteiger charge is 2.18. The summed E-state index contributed by atoms with van der Waals surface area (Å²) in [6, 6.07) is 0. The Hall–Kier alpha value is -2.00. The molecule has 4 N–H and O–H groups in total. The fourth-order valence-corrected chi connectivity index (χ4v) is 2.25. The molecule has 2 rings (SSSR count). The highest BCUT2D eigenvalue weighted by Crippen LogP contribution is 2.07. The minimum atomic E-state index is -0.173. The van der Waals surface area contributed by atoms with Crippen LogP contribution in [0.5, 0.6) is 0 Å². The lowest BCUT2D eigenvalue weighted by molar-refractivity contribution is -0.141. The van der Waals surface area contributed by atoms with Crippen LogP contribution in [0.15, 0.2) is 0 Å². The van der Waals surface area contributed by atoms with Crippen LogP contribution in [0.1, 0.15) is 12.2 Å². The number of ether oxygens (including phenoxy) is 1. The quantitative estimate of drug-likeness (QED) is 0.639. The van der Waals surface area contributed by atoms with Crippen LogP contribution in [0.25, 0.3) is 0 Å². The van der Waals surface area contributed by atoms with E-state index in [0.717, 1.165) is 32.7 Å². The summed E-state index contributed by atoms with van der Waals surface area (Å²) in [6.07, 6.45) is 0.428. The van der Waals surface area contributed by atoms with Gasteiger partial charge in [0.2, 0.25) is 11.9 Å². The first-order valence-electron chi connectivity index (χ1n) is 6.84. The second-order valence-electron chi connectivity index (χ2n) is 4.91. The first-order chi connectivity index (χ1) is 10.1. The van der Waals surface area contributed by atoms with E-state index in [1.54, 1.807) is 0 Å². The number of methoxy groups -OCH3 is 1. The Kier molecular flexibility index (Phi) is 5.23. The SMILES string of the molecule is COC(=O)CCN1CCN(Cc2nc(N)nc(N)n2)CC1. The molecule has 116 valence electrons. The highest BCUT2D eigenvalue weighted by atomic mass is 16.5. The lowest BCUT2D eigenvalue weighted by Crippen LogP contribution is -2.46. The van der Waals surface area contributed by atoms with Crippen molar-refractivity contribution >= 4 is 17.9 Å². The molecule has 9 nitrogen and oxygen atoms in total. The van der Waals surface area contributed by atoms with Crippen molar-refractivity contribution in [3.05, 3.63) is 5.82 Å². The Morgan fingerprint density at radius 2 is 1.67 bits per heavy atom. The molecule has 9 heteroatoms. The summed E-state index contributed by atoms with van der Waals surface area (Å²) in [6.45, 7) is 4.88. The largest absolute Gasteiger partial charge is 0.469 e. The van der Waals surface area contributed by atoms with Gasteiger partial charge in [-0.25, -0.2) is 0 Å². The van der Waals surface area contributed by atoms with Crippen molar-refractivity contribution in [2.75, 3.05) is 51.3 Å². The Labute approximate surface area is 123 Å². The number of anilines is 2. The summed E-state index contributed by atoms with van der Waals surface area (Å²) in [5.74, 6) is 0.708. The summed E-state index contributed by atoms with van der Waals surface area (Å²) in [4.78, 5) is 27.5. The molecule has 0 atom stereocenters. The van der Waals surface area contributed by atoms with Gasteiger partial charge in [-0.1, -0.05) is 0 Å². The van der Waals surface area contributed by atoms with Gasteiger partial charge in [0.15, 0.2) is 0 Å². The smallest absolute Gasteiger partial charge is 0.306 e. The molecule has 2 heterocycles. The first kappa shape index (κ1) is 15.4. The number of aromatic nitrogens is 3. The second-order valence-corrected chi connectivity index (χ2v) is 4.91. The maximum Gasteiger partial charge on any atom is 0.306 e. The third-order valence-corrected chi connectivity index (χ3v) is 3.41. The van der Waals surface area contributed by atoms with Gasteiger partial charge in [-0.3, -0.25) is 9.69 Å². The van der Waals surface area contributed by atoms with E-state index < -0.39 is 0 Å². The molecule has 0 aromatic carbocycles. The van der Waals surface area contributed by atoms with Crippen molar-refractivity contribution < 1.29 is 9.53 Å². The minimum Gasteiger partial charge on any atom is -0.469 e. The minimum absolute atomic E-state index is 0.147. The molecular formula is C12H21N7O2. The van der Waals surface area contributed by atoms with Crippen molar-refractivity contribution in [2.24, 2.45) is 0 Å². The molecule has 21 heavy (non-hydrogen) atoms. The maximum absolute atomic E-state index is 11.1. The number of nitrogens with zero attached hydrogens (tertiary/aromatic N) is 5. The molecule has 0 spiro atoms. The fraction of sp³-hybridized carbons (Fsp3) is 0.667. The van der Waals surface area contributed by atoms with Crippen LogP contribution in [-0.4, -0.2) is 70.6 Å². The lowest BCUT2D eigenvalue weighted by atomic mass is 10.3. The predicted molar refractivity (Wildman–Crippen MR) is 77.0 cm³/mol. The zero-order chi connectivity index (χ0) is 15.2. The van der Waals surface area contributed by atoms with Crippen LogP contribution in [0.3, 0.4) is 0 Å². The normalized spacial score (nSPS) is 16.8. The number of carbonyl (C=O) groups excluding carboxylic acids is 1. The average molecular weight is 295 g/mol. The van der Waals surface area contributed by atoms with Crippen molar-refractivity contribution in [2.45, 2.75) is 13.0 Å². The number of rotatable bonds is 5. The molecule has 0 aliphatic carbocycles. The van der Waals surface area contributed by atoms with Crippen LogP contribution in [0.4, 0.5) is 11.9 Å². The second kappa shape index (κ2) is 7.14. The van der Waals surface area contributed by atoms with Crippen molar-refractivity contribution in [3.63, 3.8) is 0 Å². The van der Waals surface area contributed by atoms with Crippen LogP contribution in [-0.2, 0) is 16.1 Å². The third-order valence-electron chi connectivity index (χ3n) is 3.41. The van der Waals surface area contributed by atoms with E-state index in [0.29, 0.717) is 18.8 Å². The van der Waals surface area contributed by atoms with E-state index in [-0.39, 0.29) is 17.9 Å². The van der Waals surface area contributed by atoms with Crippen molar-refractivity contribution in [3.8, 4) is 0 Å². The Bertz CT molecular complexity index is 468. The highest BCUT2D eigenvalue weighted by molar-refractivity contribution is 5.69. The fourth-order valence-electron chi connectivity index (χ4n) is 2.25. The van der Waals surface area contributed by atoms with E-state index in [9.17, 15) is 4.79 Å². The van der Waals surface area contributed by atoms with Gasteiger partial charge in [-0.2, -0.15) is 15.0 Å². The van der Waals surface area contributed by atoms with E-state index >= 15 is 0 Å². The average Bonchev–Trinajstić information content (AvgIpc) is 2.45. The molecule has 1 aliphatic heterocycles. The molecule has 0 amide bonds. The van der Waals surface area contributed by atoms with Gasteiger partial charge in [0.1, 0.15) is 5.82 Å². The Morgan fingerprint density at radius 3 is 2.24 bits per heavy atom. The molecule has 1 fully saturated rings. The van der Waals surface area contributed by atoms with Crippen LogP contribution < -0.4 is 11.5 Å². The topological polar surface area (TPSA) is 123 Å². The molecule has 1 aromatic rings. The predicted octanol–water partition coefficient (Wildman–Crippen LogP) is -1.28. The molecule has 0 radical (unpaired) electrons. The Balaban J connectivity index is 1.77. The lowest BCUT2D eigenvalue weighted by Gasteiger charge is -2.34. The van der Waals surface area contributed by atoms with Crippen LogP contribution in [0, 0.1) is 0 Å². The van der Waals surface area contributed by atoms with E-state index in [1.807, 2.05) is 0 Å². The van der Waals surface area contributed by atoms with Gasteiger partial charge >= 0.3 is 5.97 Å². The van der Waals surface area contributed by atoms with Gasteiger partial charge in [-0.15, -0.1) is 0 Å². The Morgan fingerprint density at radius 1 is 1.10 bits per heavy atom. The molecule has 0 saturated carbocycles. The molecule has 1 aliphatic rings. The summed E-state index contributed by atoms with van der Waals surface area (Å²) in [5, 5.41) is 0. The molecule has 0 bridgehead atoms. The van der Waals surface area contributed by atoms with E-state index in [1.165, 1.54) is 7.11 Å². The number of hydrogen-bond donors (Lipinski definition) is 2. The van der Waals surface area contributed by atoms with Crippen LogP contribution >= 0.6 is 0 Å². The summed E-state index contributed by atoms with van der Waals surface area (Å²) < 4.78 is 4.64. The summed E-state index contributed by atoms with van der Waals surface area (Å²) >= 11 is 0. The molecule has 1 saturated heterocycles.